The molecule has 0 radical (unpaired) electrons. The topological polar surface area (TPSA) is 0 Å². The van der Waals surface area contributed by atoms with Crippen molar-refractivity contribution in [2.24, 2.45) is 47.3 Å². The van der Waals surface area contributed by atoms with E-state index in [1.165, 1.54) is 47.3 Å². The largest absolute Gasteiger partial charge is 0.0528 e. The highest BCUT2D eigenvalue weighted by Crippen LogP contribution is 2.68. The molecule has 5 saturated carbocycles. The van der Waals surface area contributed by atoms with Crippen LogP contribution in [0.3, 0.4) is 0 Å². The average molecular weight is 216 g/mol. The van der Waals surface area contributed by atoms with Crippen molar-refractivity contribution in [2.45, 2.75) is 51.4 Å². The maximum absolute atomic E-state index is 1.68. The molecule has 0 heteroatoms. The van der Waals surface area contributed by atoms with Crippen molar-refractivity contribution in [1.29, 1.82) is 0 Å². The molecule has 0 amide bonds. The third-order valence-electron chi connectivity index (χ3n) is 7.64. The summed E-state index contributed by atoms with van der Waals surface area (Å²) in [5.74, 6) is 9.63. The van der Waals surface area contributed by atoms with Gasteiger partial charge in [0.2, 0.25) is 0 Å². The summed E-state index contributed by atoms with van der Waals surface area (Å²) in [4.78, 5) is 0. The van der Waals surface area contributed by atoms with E-state index in [2.05, 4.69) is 0 Å². The molecule has 5 aliphatic carbocycles. The Bertz CT molecular complexity index is 292. The minimum Gasteiger partial charge on any atom is -0.0528 e. The second kappa shape index (κ2) is 2.87. The molecule has 0 aliphatic heterocycles. The van der Waals surface area contributed by atoms with Crippen LogP contribution in [0.2, 0.25) is 0 Å². The number of hydrogen-bond acceptors (Lipinski definition) is 0. The van der Waals surface area contributed by atoms with E-state index in [1.807, 2.05) is 0 Å². The quantitative estimate of drug-likeness (QED) is 0.535. The Hall–Kier alpha value is 0. The van der Waals surface area contributed by atoms with E-state index in [-0.39, 0.29) is 0 Å². The van der Waals surface area contributed by atoms with Gasteiger partial charge in [-0.3, -0.25) is 0 Å². The second-order valence-corrected chi connectivity index (χ2v) is 7.72. The molecule has 0 nitrogen and oxygen atoms in total. The molecule has 0 heterocycles. The molecule has 88 valence electrons. The summed E-state index contributed by atoms with van der Waals surface area (Å²) in [7, 11) is 0. The second-order valence-electron chi connectivity index (χ2n) is 7.72. The first-order valence-corrected chi connectivity index (χ1v) is 7.92. The predicted molar refractivity (Wildman–Crippen MR) is 64.9 cm³/mol. The molecular formula is C16H24. The third-order valence-corrected chi connectivity index (χ3v) is 7.64. The van der Waals surface area contributed by atoms with Crippen LogP contribution in [-0.4, -0.2) is 0 Å². The molecule has 0 spiro atoms. The molecule has 8 unspecified atom stereocenters. The van der Waals surface area contributed by atoms with Gasteiger partial charge in [-0.25, -0.2) is 0 Å². The van der Waals surface area contributed by atoms with Crippen molar-refractivity contribution in [3.05, 3.63) is 0 Å². The maximum atomic E-state index is 1.68. The van der Waals surface area contributed by atoms with Crippen LogP contribution in [-0.2, 0) is 0 Å². The summed E-state index contributed by atoms with van der Waals surface area (Å²) in [6.07, 6.45) is 13.0. The normalized spacial score (nSPS) is 66.0. The van der Waals surface area contributed by atoms with E-state index in [9.17, 15) is 0 Å². The van der Waals surface area contributed by atoms with Crippen molar-refractivity contribution in [1.82, 2.24) is 0 Å². The molecule has 6 bridgehead atoms. The van der Waals surface area contributed by atoms with Crippen molar-refractivity contribution in [2.75, 3.05) is 0 Å². The zero-order valence-corrected chi connectivity index (χ0v) is 10.3. The molecule has 5 aliphatic rings. The molecule has 0 saturated heterocycles. The monoisotopic (exact) mass is 216 g/mol. The zero-order chi connectivity index (χ0) is 10.3. The summed E-state index contributed by atoms with van der Waals surface area (Å²) in [5, 5.41) is 0. The highest BCUT2D eigenvalue weighted by atomic mass is 14.7. The SMILES string of the molecule is C1CC2CC(C1)C1CC2C2CC1C1CCC21. The lowest BCUT2D eigenvalue weighted by Gasteiger charge is -2.52. The summed E-state index contributed by atoms with van der Waals surface area (Å²) in [5.41, 5.74) is 0. The van der Waals surface area contributed by atoms with E-state index < -0.39 is 0 Å². The Kier molecular flexibility index (Phi) is 1.61. The molecule has 16 heavy (non-hydrogen) atoms. The zero-order valence-electron chi connectivity index (χ0n) is 10.3. The third kappa shape index (κ3) is 0.910. The first-order chi connectivity index (χ1) is 7.92. The van der Waals surface area contributed by atoms with Crippen molar-refractivity contribution >= 4 is 0 Å². The van der Waals surface area contributed by atoms with Crippen molar-refractivity contribution < 1.29 is 0 Å². The highest BCUT2D eigenvalue weighted by molar-refractivity contribution is 5.09. The first kappa shape index (κ1) is 9.00. The van der Waals surface area contributed by atoms with Crippen LogP contribution in [0.5, 0.6) is 0 Å². The molecule has 5 fully saturated rings. The van der Waals surface area contributed by atoms with Crippen LogP contribution >= 0.6 is 0 Å². The van der Waals surface area contributed by atoms with Gasteiger partial charge in [0.05, 0.1) is 0 Å². The maximum Gasteiger partial charge on any atom is -0.0349 e. The van der Waals surface area contributed by atoms with Gasteiger partial charge in [-0.15, -0.1) is 0 Å². The van der Waals surface area contributed by atoms with E-state index in [0.29, 0.717) is 0 Å². The van der Waals surface area contributed by atoms with Crippen LogP contribution < -0.4 is 0 Å². The minimum atomic E-state index is 1.18. The van der Waals surface area contributed by atoms with Gasteiger partial charge in [0.25, 0.3) is 0 Å². The lowest BCUT2D eigenvalue weighted by atomic mass is 9.53. The first-order valence-electron chi connectivity index (χ1n) is 7.92. The summed E-state index contributed by atoms with van der Waals surface area (Å²) in [6.45, 7) is 0. The van der Waals surface area contributed by atoms with E-state index in [4.69, 9.17) is 0 Å². The number of rotatable bonds is 0. The summed E-state index contributed by atoms with van der Waals surface area (Å²) >= 11 is 0. The minimum absolute atomic E-state index is 1.18. The Morgan fingerprint density at radius 3 is 1.56 bits per heavy atom. The fraction of sp³-hybridized carbons (Fsp3) is 1.00. The van der Waals surface area contributed by atoms with Gasteiger partial charge in [0.1, 0.15) is 0 Å². The highest BCUT2D eigenvalue weighted by Gasteiger charge is 2.60. The molecular weight excluding hydrogens is 192 g/mol. The van der Waals surface area contributed by atoms with Crippen LogP contribution in [0.25, 0.3) is 0 Å². The Balaban J connectivity index is 1.58. The van der Waals surface area contributed by atoms with Crippen molar-refractivity contribution in [3.8, 4) is 0 Å². The standard InChI is InChI=1S/C16H24/c1-2-9-6-10(3-1)14-7-13(9)15-8-16(14)12-5-4-11(12)15/h9-16H,1-8H2. The van der Waals surface area contributed by atoms with Crippen LogP contribution in [0.4, 0.5) is 0 Å². The molecule has 5 rings (SSSR count). The van der Waals surface area contributed by atoms with Gasteiger partial charge in [0.15, 0.2) is 0 Å². The Morgan fingerprint density at radius 2 is 1.00 bits per heavy atom. The van der Waals surface area contributed by atoms with Crippen LogP contribution in [0.1, 0.15) is 51.4 Å². The summed E-state index contributed by atoms with van der Waals surface area (Å²) < 4.78 is 0. The van der Waals surface area contributed by atoms with E-state index >= 15 is 0 Å². The summed E-state index contributed by atoms with van der Waals surface area (Å²) in [6, 6.07) is 0. The molecule has 0 aromatic rings. The van der Waals surface area contributed by atoms with Gasteiger partial charge in [-0.2, -0.15) is 0 Å². The molecule has 0 N–H and O–H groups in total. The molecule has 0 aromatic heterocycles. The lowest BCUT2D eigenvalue weighted by molar-refractivity contribution is -0.0205. The van der Waals surface area contributed by atoms with Gasteiger partial charge in [0, 0.05) is 0 Å². The van der Waals surface area contributed by atoms with Gasteiger partial charge >= 0.3 is 0 Å². The van der Waals surface area contributed by atoms with Crippen molar-refractivity contribution in [3.63, 3.8) is 0 Å². The van der Waals surface area contributed by atoms with Gasteiger partial charge in [-0.05, 0) is 79.4 Å². The number of fused-ring (bicyclic) bond motifs is 13. The molecule has 8 atom stereocenters. The van der Waals surface area contributed by atoms with Gasteiger partial charge in [-0.1, -0.05) is 19.3 Å². The molecule has 0 aromatic carbocycles. The lowest BCUT2D eigenvalue weighted by Crippen LogP contribution is -2.43. The number of hydrogen-bond donors (Lipinski definition) is 0. The Labute approximate surface area is 99.2 Å². The fourth-order valence-electron chi connectivity index (χ4n) is 7.06. The van der Waals surface area contributed by atoms with Crippen LogP contribution in [0.15, 0.2) is 0 Å². The average Bonchev–Trinajstić information content (AvgIpc) is 2.47. The Morgan fingerprint density at radius 1 is 0.438 bits per heavy atom. The van der Waals surface area contributed by atoms with E-state index in [0.717, 1.165) is 0 Å². The van der Waals surface area contributed by atoms with Gasteiger partial charge < -0.3 is 0 Å². The van der Waals surface area contributed by atoms with Crippen LogP contribution in [0, 0.1) is 47.3 Å². The predicted octanol–water partition coefficient (Wildman–Crippen LogP) is 4.10. The van der Waals surface area contributed by atoms with E-state index in [1.54, 1.807) is 51.4 Å². The fourth-order valence-corrected chi connectivity index (χ4v) is 7.06. The smallest absolute Gasteiger partial charge is 0.0349 e.